The van der Waals surface area contributed by atoms with Gasteiger partial charge in [0.25, 0.3) is 0 Å². The van der Waals surface area contributed by atoms with Crippen molar-refractivity contribution in [3.8, 4) is 0 Å². The summed E-state index contributed by atoms with van der Waals surface area (Å²) in [5.41, 5.74) is 5.34. The summed E-state index contributed by atoms with van der Waals surface area (Å²) in [4.78, 5) is 0. The van der Waals surface area contributed by atoms with Gasteiger partial charge in [0, 0.05) is 0 Å². The van der Waals surface area contributed by atoms with Crippen LogP contribution in [0.5, 0.6) is 0 Å². The van der Waals surface area contributed by atoms with Gasteiger partial charge in [0.1, 0.15) is 0 Å². The molecule has 1 atom stereocenters. The van der Waals surface area contributed by atoms with Gasteiger partial charge in [-0.05, 0) is 0 Å². The predicted octanol–water partition coefficient (Wildman–Crippen LogP) is -3.31. The summed E-state index contributed by atoms with van der Waals surface area (Å²) >= 11 is -0.0836. The van der Waals surface area contributed by atoms with E-state index in [0.29, 0.717) is 3.92 Å². The van der Waals surface area contributed by atoms with E-state index in [1.165, 1.54) is 0 Å². The molecule has 0 aliphatic carbocycles. The van der Waals surface area contributed by atoms with Gasteiger partial charge in [0.2, 0.25) is 0 Å². The average molecular weight is 215 g/mol. The molecule has 0 aliphatic rings. The van der Waals surface area contributed by atoms with E-state index in [1.54, 1.807) is 0 Å². The molecule has 4 N–H and O–H groups in total. The molecule has 0 amide bonds. The van der Waals surface area contributed by atoms with Crippen LogP contribution in [-0.2, 0) is 0 Å². The van der Waals surface area contributed by atoms with Crippen molar-refractivity contribution in [1.82, 2.24) is 0 Å². The van der Waals surface area contributed by atoms with Crippen molar-refractivity contribution in [1.29, 1.82) is 0 Å². The fourth-order valence-corrected chi connectivity index (χ4v) is 1.11. The Balaban J connectivity index is 2.99. The molecular weight excluding hydrogens is 203 g/mol. The quantitative estimate of drug-likeness (QED) is 0.294. The van der Waals surface area contributed by atoms with E-state index in [-0.39, 0.29) is 21.5 Å². The summed E-state index contributed by atoms with van der Waals surface area (Å²) in [7, 11) is 0. The molecule has 0 aromatic carbocycles. The molecule has 0 radical (unpaired) electrons. The maximum atomic E-state index is 5.42. The van der Waals surface area contributed by atoms with Crippen LogP contribution in [0.15, 0.2) is 0 Å². The minimum atomic E-state index is -0.0836. The fourth-order valence-electron chi connectivity index (χ4n) is 0.307. The van der Waals surface area contributed by atoms with Crippen molar-refractivity contribution >= 4 is 0 Å². The molecular formula is C4H12IN2-. The first-order valence-corrected chi connectivity index (χ1v) is 4.86. The van der Waals surface area contributed by atoms with Crippen LogP contribution in [0, 0.1) is 0 Å². The second kappa shape index (κ2) is 4.80. The molecule has 7 heavy (non-hydrogen) atoms. The van der Waals surface area contributed by atoms with E-state index < -0.39 is 0 Å². The van der Waals surface area contributed by atoms with Crippen LogP contribution in [0.3, 0.4) is 0 Å². The molecule has 0 aromatic rings. The third-order valence-electron chi connectivity index (χ3n) is 0.877. The van der Waals surface area contributed by atoms with Crippen LogP contribution in [0.2, 0.25) is 0 Å². The van der Waals surface area contributed by atoms with Crippen LogP contribution in [0.25, 0.3) is 0 Å². The Morgan fingerprint density at radius 3 is 2.29 bits per heavy atom. The summed E-state index contributed by atoms with van der Waals surface area (Å²) in [5, 5.41) is 0. The molecule has 0 fully saturated rings. The number of hydrogen-bond donors (Lipinski definition) is 2. The van der Waals surface area contributed by atoms with Crippen molar-refractivity contribution < 1.29 is 21.5 Å². The summed E-state index contributed by atoms with van der Waals surface area (Å²) in [6.45, 7) is 2.91. The molecule has 0 unspecified atom stereocenters. The molecule has 0 spiro atoms. The first kappa shape index (κ1) is 7.65. The molecule has 46 valence electrons. The van der Waals surface area contributed by atoms with Crippen LogP contribution >= 0.6 is 0 Å². The normalized spacial score (nSPS) is 14.7. The van der Waals surface area contributed by atoms with E-state index in [1.807, 2.05) is 0 Å². The first-order valence-electron chi connectivity index (χ1n) is 2.37. The van der Waals surface area contributed by atoms with Gasteiger partial charge in [0.05, 0.1) is 0 Å². The monoisotopic (exact) mass is 215 g/mol. The number of rotatable bonds is 3. The molecule has 0 aromatic heterocycles. The second-order valence-corrected chi connectivity index (χ2v) is 3.85. The Kier molecular flexibility index (Phi) is 5.25. The summed E-state index contributed by atoms with van der Waals surface area (Å²) < 4.78 is 6.08. The van der Waals surface area contributed by atoms with Crippen LogP contribution in [-0.4, -0.2) is 10.5 Å². The Morgan fingerprint density at radius 2 is 2.29 bits per heavy atom. The number of alkyl halides is 1. The first-order chi connectivity index (χ1) is 3.35. The molecule has 3 heteroatoms. The van der Waals surface area contributed by atoms with E-state index in [9.17, 15) is 0 Å². The molecule has 0 saturated heterocycles. The maximum absolute atomic E-state index is 5.42. The zero-order valence-corrected chi connectivity index (χ0v) is 6.68. The van der Waals surface area contributed by atoms with E-state index in [2.05, 4.69) is 6.92 Å². The van der Waals surface area contributed by atoms with Crippen LogP contribution in [0.1, 0.15) is 13.3 Å². The summed E-state index contributed by atoms with van der Waals surface area (Å²) in [5.74, 6) is 0. The third-order valence-corrected chi connectivity index (χ3v) is 3.28. The zero-order chi connectivity index (χ0) is 5.70. The van der Waals surface area contributed by atoms with Gasteiger partial charge in [-0.25, -0.2) is 0 Å². The van der Waals surface area contributed by atoms with Gasteiger partial charge in [0.15, 0.2) is 0 Å². The van der Waals surface area contributed by atoms with Gasteiger partial charge in [-0.15, -0.1) is 0 Å². The summed E-state index contributed by atoms with van der Waals surface area (Å²) in [6, 6.07) is 0. The molecule has 0 rings (SSSR count). The standard InChI is InChI=1S/C4H12IN2/c1-2-4(3-6)5-7/h4H,2-3,6-7H2,1H3/q-1/t4-/m1/s1. The average Bonchev–Trinajstić information content (AvgIpc) is 1.72. The Bertz CT molecular complexity index is 31.2. The molecule has 0 saturated carbocycles. The van der Waals surface area contributed by atoms with E-state index in [4.69, 9.17) is 9.68 Å². The number of halogens is 1. The van der Waals surface area contributed by atoms with Crippen molar-refractivity contribution in [2.75, 3.05) is 6.54 Å². The SMILES string of the molecule is CC[C@H](CN)[I-]N. The fraction of sp³-hybridized carbons (Fsp3) is 1.00. The second-order valence-electron chi connectivity index (χ2n) is 1.37. The third kappa shape index (κ3) is 3.25. The van der Waals surface area contributed by atoms with E-state index >= 15 is 0 Å². The number of hydrogen-bond acceptors (Lipinski definition) is 2. The topological polar surface area (TPSA) is 52.0 Å². The Morgan fingerprint density at radius 1 is 1.71 bits per heavy atom. The Labute approximate surface area is 55.3 Å². The van der Waals surface area contributed by atoms with Gasteiger partial charge in [-0.2, -0.15) is 0 Å². The van der Waals surface area contributed by atoms with Crippen molar-refractivity contribution in [3.63, 3.8) is 0 Å². The van der Waals surface area contributed by atoms with Crippen molar-refractivity contribution in [2.24, 2.45) is 9.68 Å². The van der Waals surface area contributed by atoms with E-state index in [0.717, 1.165) is 13.0 Å². The van der Waals surface area contributed by atoms with Gasteiger partial charge in [-0.1, -0.05) is 0 Å². The van der Waals surface area contributed by atoms with Gasteiger partial charge >= 0.3 is 55.0 Å². The Hall–Kier alpha value is 0.650. The minimum absolute atomic E-state index is 0.0836. The van der Waals surface area contributed by atoms with Crippen molar-refractivity contribution in [3.05, 3.63) is 0 Å². The zero-order valence-electron chi connectivity index (χ0n) is 4.52. The molecule has 2 nitrogen and oxygen atoms in total. The van der Waals surface area contributed by atoms with Crippen LogP contribution in [0.4, 0.5) is 0 Å². The van der Waals surface area contributed by atoms with Gasteiger partial charge in [-0.3, -0.25) is 0 Å². The van der Waals surface area contributed by atoms with Gasteiger partial charge < -0.3 is 0 Å². The van der Waals surface area contributed by atoms with Crippen molar-refractivity contribution in [2.45, 2.75) is 17.3 Å². The predicted molar refractivity (Wildman–Crippen MR) is 27.3 cm³/mol. The molecule has 0 heterocycles. The number of nitrogens with two attached hydrogens (primary N) is 2. The summed E-state index contributed by atoms with van der Waals surface area (Å²) in [6.07, 6.45) is 1.15. The van der Waals surface area contributed by atoms with Crippen LogP contribution < -0.4 is 31.2 Å². The molecule has 0 aliphatic heterocycles. The molecule has 0 bridgehead atoms.